The number of hydrogen-bond acceptors (Lipinski definition) is 2. The smallest absolute Gasteiger partial charge is 0.352 e. The van der Waals surface area contributed by atoms with Crippen LogP contribution in [-0.2, 0) is 4.79 Å². The molecular formula is C14H23F3N2O. The molecule has 6 heteroatoms. The van der Waals surface area contributed by atoms with Crippen LogP contribution in [0.25, 0.3) is 0 Å². The molecule has 0 aromatic rings. The van der Waals surface area contributed by atoms with Gasteiger partial charge in [0.2, 0.25) is 5.91 Å². The van der Waals surface area contributed by atoms with Crippen LogP contribution in [0.3, 0.4) is 0 Å². The summed E-state index contributed by atoms with van der Waals surface area (Å²) in [6.07, 6.45) is -0.711. The highest BCUT2D eigenvalue weighted by Gasteiger charge is 2.42. The fraction of sp³-hybridized carbons (Fsp3) is 0.929. The Labute approximate surface area is 117 Å². The maximum absolute atomic E-state index is 12.7. The largest absolute Gasteiger partial charge is 0.391 e. The van der Waals surface area contributed by atoms with Gasteiger partial charge in [-0.25, -0.2) is 0 Å². The minimum Gasteiger partial charge on any atom is -0.352 e. The first kappa shape index (κ1) is 15.6. The van der Waals surface area contributed by atoms with E-state index in [1.54, 1.807) is 0 Å². The van der Waals surface area contributed by atoms with Gasteiger partial charge in [-0.05, 0) is 44.6 Å². The van der Waals surface area contributed by atoms with Gasteiger partial charge in [0.1, 0.15) is 0 Å². The highest BCUT2D eigenvalue weighted by atomic mass is 19.4. The van der Waals surface area contributed by atoms with Crippen LogP contribution in [0.4, 0.5) is 13.2 Å². The first-order valence-electron chi connectivity index (χ1n) is 7.48. The molecule has 0 bridgehead atoms. The standard InChI is InChI=1S/C14H23F3N2O/c1-9-4-3-7-18-12(9)13(20)19-11-6-2-5-10(8-11)14(15,16)17/h9-12,18H,2-8H2,1H3,(H,19,20). The second kappa shape index (κ2) is 6.33. The summed E-state index contributed by atoms with van der Waals surface area (Å²) < 4.78 is 38.2. The topological polar surface area (TPSA) is 41.1 Å². The van der Waals surface area contributed by atoms with Crippen molar-refractivity contribution in [1.82, 2.24) is 10.6 Å². The zero-order chi connectivity index (χ0) is 14.8. The van der Waals surface area contributed by atoms with Crippen LogP contribution in [0.1, 0.15) is 45.4 Å². The van der Waals surface area contributed by atoms with Gasteiger partial charge in [0.05, 0.1) is 12.0 Å². The van der Waals surface area contributed by atoms with Crippen LogP contribution in [-0.4, -0.2) is 30.7 Å². The summed E-state index contributed by atoms with van der Waals surface area (Å²) in [4.78, 5) is 12.2. The Kier molecular flexibility index (Phi) is 4.94. The predicted molar refractivity (Wildman–Crippen MR) is 70.1 cm³/mol. The molecule has 2 rings (SSSR count). The van der Waals surface area contributed by atoms with E-state index in [9.17, 15) is 18.0 Å². The van der Waals surface area contributed by atoms with Crippen molar-refractivity contribution < 1.29 is 18.0 Å². The molecule has 1 amide bonds. The van der Waals surface area contributed by atoms with Gasteiger partial charge in [-0.3, -0.25) is 4.79 Å². The number of halogens is 3. The van der Waals surface area contributed by atoms with E-state index in [4.69, 9.17) is 0 Å². The van der Waals surface area contributed by atoms with Crippen molar-refractivity contribution in [3.05, 3.63) is 0 Å². The maximum atomic E-state index is 12.7. The number of rotatable bonds is 2. The summed E-state index contributed by atoms with van der Waals surface area (Å²) in [5, 5.41) is 5.99. The number of alkyl halides is 3. The molecule has 0 radical (unpaired) electrons. The molecule has 1 saturated heterocycles. The van der Waals surface area contributed by atoms with Gasteiger partial charge in [-0.1, -0.05) is 13.3 Å². The van der Waals surface area contributed by atoms with E-state index in [2.05, 4.69) is 10.6 Å². The van der Waals surface area contributed by atoms with Crippen molar-refractivity contribution >= 4 is 5.91 Å². The van der Waals surface area contributed by atoms with Crippen LogP contribution < -0.4 is 10.6 Å². The highest BCUT2D eigenvalue weighted by molar-refractivity contribution is 5.82. The molecule has 116 valence electrons. The average molecular weight is 292 g/mol. The van der Waals surface area contributed by atoms with E-state index in [0.717, 1.165) is 19.4 Å². The summed E-state index contributed by atoms with van der Waals surface area (Å²) in [6.45, 7) is 2.81. The van der Waals surface area contributed by atoms with E-state index < -0.39 is 12.1 Å². The van der Waals surface area contributed by atoms with Gasteiger partial charge >= 0.3 is 6.18 Å². The molecule has 0 aromatic heterocycles. The summed E-state index contributed by atoms with van der Waals surface area (Å²) in [5.41, 5.74) is 0. The third kappa shape index (κ3) is 3.87. The average Bonchev–Trinajstić information content (AvgIpc) is 2.38. The highest BCUT2D eigenvalue weighted by Crippen LogP contribution is 2.37. The Hall–Kier alpha value is -0.780. The van der Waals surface area contributed by atoms with Crippen molar-refractivity contribution in [2.45, 2.75) is 63.7 Å². The Morgan fingerprint density at radius 1 is 1.20 bits per heavy atom. The molecule has 0 aromatic carbocycles. The fourth-order valence-corrected chi connectivity index (χ4v) is 3.31. The van der Waals surface area contributed by atoms with Gasteiger partial charge in [0, 0.05) is 6.04 Å². The molecule has 4 unspecified atom stereocenters. The van der Waals surface area contributed by atoms with E-state index in [0.29, 0.717) is 12.8 Å². The third-order valence-corrected chi connectivity index (χ3v) is 4.54. The lowest BCUT2D eigenvalue weighted by Crippen LogP contribution is -2.54. The van der Waals surface area contributed by atoms with E-state index in [1.165, 1.54) is 0 Å². The summed E-state index contributed by atoms with van der Waals surface area (Å²) in [7, 11) is 0. The van der Waals surface area contributed by atoms with Crippen molar-refractivity contribution in [3.8, 4) is 0 Å². The van der Waals surface area contributed by atoms with E-state index in [-0.39, 0.29) is 36.8 Å². The first-order valence-corrected chi connectivity index (χ1v) is 7.48. The monoisotopic (exact) mass is 292 g/mol. The Balaban J connectivity index is 1.87. The molecular weight excluding hydrogens is 269 g/mol. The van der Waals surface area contributed by atoms with Gasteiger partial charge in [0.15, 0.2) is 0 Å². The van der Waals surface area contributed by atoms with Crippen molar-refractivity contribution in [2.75, 3.05) is 6.54 Å². The van der Waals surface area contributed by atoms with Gasteiger partial charge in [0.25, 0.3) is 0 Å². The van der Waals surface area contributed by atoms with Crippen molar-refractivity contribution in [1.29, 1.82) is 0 Å². The van der Waals surface area contributed by atoms with Crippen LogP contribution in [0, 0.1) is 11.8 Å². The molecule has 20 heavy (non-hydrogen) atoms. The van der Waals surface area contributed by atoms with Crippen LogP contribution in [0.15, 0.2) is 0 Å². The second-order valence-corrected chi connectivity index (χ2v) is 6.16. The van der Waals surface area contributed by atoms with Crippen LogP contribution >= 0.6 is 0 Å². The number of carbonyl (C=O) groups excluding carboxylic acids is 1. The van der Waals surface area contributed by atoms with E-state index in [1.807, 2.05) is 6.92 Å². The zero-order valence-corrected chi connectivity index (χ0v) is 11.8. The molecule has 1 aliphatic heterocycles. The quantitative estimate of drug-likeness (QED) is 0.821. The molecule has 1 heterocycles. The number of nitrogens with one attached hydrogen (secondary N) is 2. The molecule has 2 aliphatic rings. The van der Waals surface area contributed by atoms with Gasteiger partial charge in [-0.2, -0.15) is 13.2 Å². The SMILES string of the molecule is CC1CCCNC1C(=O)NC1CCCC(C(F)(F)F)C1. The maximum Gasteiger partial charge on any atom is 0.391 e. The number of hydrogen-bond donors (Lipinski definition) is 2. The molecule has 3 nitrogen and oxygen atoms in total. The van der Waals surface area contributed by atoms with Crippen molar-refractivity contribution in [3.63, 3.8) is 0 Å². The lowest BCUT2D eigenvalue weighted by atomic mass is 9.84. The first-order chi connectivity index (χ1) is 9.38. The fourth-order valence-electron chi connectivity index (χ4n) is 3.31. The molecule has 2 N–H and O–H groups in total. The van der Waals surface area contributed by atoms with Gasteiger partial charge < -0.3 is 10.6 Å². The zero-order valence-electron chi connectivity index (χ0n) is 11.8. The Bertz CT molecular complexity index is 346. The minimum absolute atomic E-state index is 0.0241. The summed E-state index contributed by atoms with van der Waals surface area (Å²) >= 11 is 0. The number of carbonyl (C=O) groups is 1. The Morgan fingerprint density at radius 3 is 2.60 bits per heavy atom. The van der Waals surface area contributed by atoms with Crippen LogP contribution in [0.2, 0.25) is 0 Å². The number of amides is 1. The normalized spacial score (nSPS) is 35.6. The second-order valence-electron chi connectivity index (χ2n) is 6.16. The summed E-state index contributed by atoms with van der Waals surface area (Å²) in [5.74, 6) is -1.16. The molecule has 1 saturated carbocycles. The number of piperidine rings is 1. The molecule has 1 aliphatic carbocycles. The molecule has 2 fully saturated rings. The van der Waals surface area contributed by atoms with E-state index >= 15 is 0 Å². The predicted octanol–water partition coefficient (Wildman–Crippen LogP) is 2.61. The third-order valence-electron chi connectivity index (χ3n) is 4.54. The molecule has 0 spiro atoms. The Morgan fingerprint density at radius 2 is 1.95 bits per heavy atom. The summed E-state index contributed by atoms with van der Waals surface area (Å²) in [6, 6.07) is -0.589. The van der Waals surface area contributed by atoms with Gasteiger partial charge in [-0.15, -0.1) is 0 Å². The molecule has 4 atom stereocenters. The lowest BCUT2D eigenvalue weighted by molar-refractivity contribution is -0.184. The minimum atomic E-state index is -4.14. The lowest BCUT2D eigenvalue weighted by Gasteiger charge is -2.34. The van der Waals surface area contributed by atoms with Crippen LogP contribution in [0.5, 0.6) is 0 Å². The van der Waals surface area contributed by atoms with Crippen molar-refractivity contribution in [2.24, 2.45) is 11.8 Å².